The summed E-state index contributed by atoms with van der Waals surface area (Å²) < 4.78 is 5.45. The summed E-state index contributed by atoms with van der Waals surface area (Å²) in [5, 5.41) is 2.75. The summed E-state index contributed by atoms with van der Waals surface area (Å²) in [5.41, 5.74) is 2.04. The maximum Gasteiger partial charge on any atom is 0.339 e. The monoisotopic (exact) mass is 358 g/mol. The molecule has 3 aromatic rings. The van der Waals surface area contributed by atoms with Crippen molar-refractivity contribution in [2.24, 2.45) is 0 Å². The second kappa shape index (κ2) is 6.68. The van der Waals surface area contributed by atoms with Crippen molar-refractivity contribution in [1.29, 1.82) is 0 Å². The molecular weight excluding hydrogens is 340 g/mol. The summed E-state index contributed by atoms with van der Waals surface area (Å²) in [6.07, 6.45) is 2.03. The Labute approximate surface area is 157 Å². The highest BCUT2D eigenvalue weighted by Gasteiger charge is 2.42. The molecule has 0 bridgehead atoms. The summed E-state index contributed by atoms with van der Waals surface area (Å²) >= 11 is 0. The van der Waals surface area contributed by atoms with Gasteiger partial charge in [0.15, 0.2) is 5.60 Å². The molecule has 5 nitrogen and oxygen atoms in total. The van der Waals surface area contributed by atoms with Crippen molar-refractivity contribution in [3.63, 3.8) is 0 Å². The quantitative estimate of drug-likeness (QED) is 0.722. The Morgan fingerprint density at radius 1 is 1.00 bits per heavy atom. The van der Waals surface area contributed by atoms with E-state index in [-0.39, 0.29) is 0 Å². The zero-order valence-corrected chi connectivity index (χ0v) is 14.8. The summed E-state index contributed by atoms with van der Waals surface area (Å²) in [6.45, 7) is 1.62. The largest absolute Gasteiger partial charge is 0.445 e. The zero-order chi connectivity index (χ0) is 18.9. The highest BCUT2D eigenvalue weighted by atomic mass is 16.6. The first-order valence-corrected chi connectivity index (χ1v) is 8.69. The number of nitrogens with one attached hydrogen (secondary N) is 1. The van der Waals surface area contributed by atoms with Crippen LogP contribution in [0.15, 0.2) is 72.9 Å². The molecule has 0 fully saturated rings. The van der Waals surface area contributed by atoms with Crippen LogP contribution in [0.3, 0.4) is 0 Å². The topological polar surface area (TPSA) is 68.3 Å². The Balaban J connectivity index is 1.52. The second-order valence-electron chi connectivity index (χ2n) is 6.71. The lowest BCUT2D eigenvalue weighted by atomic mass is 9.89. The second-order valence-corrected chi connectivity index (χ2v) is 6.71. The van der Waals surface area contributed by atoms with Gasteiger partial charge in [-0.3, -0.25) is 4.79 Å². The van der Waals surface area contributed by atoms with E-state index in [0.29, 0.717) is 17.8 Å². The predicted molar refractivity (Wildman–Crippen MR) is 102 cm³/mol. The number of aromatic nitrogens is 1. The van der Waals surface area contributed by atoms with Gasteiger partial charge in [-0.15, -0.1) is 0 Å². The highest BCUT2D eigenvalue weighted by Crippen LogP contribution is 2.29. The van der Waals surface area contributed by atoms with Gasteiger partial charge in [0.05, 0.1) is 5.56 Å². The molecule has 1 aromatic heterocycles. The third-order valence-corrected chi connectivity index (χ3v) is 4.68. The fraction of sp³-hybridized carbons (Fsp3) is 0.136. The van der Waals surface area contributed by atoms with Crippen LogP contribution in [-0.2, 0) is 16.0 Å². The maximum absolute atomic E-state index is 12.8. The first-order valence-electron chi connectivity index (χ1n) is 8.69. The van der Waals surface area contributed by atoms with Crippen LogP contribution >= 0.6 is 0 Å². The lowest BCUT2D eigenvalue weighted by Gasteiger charge is -2.32. The molecular formula is C22H18N2O3. The molecule has 0 aliphatic carbocycles. The van der Waals surface area contributed by atoms with E-state index in [1.807, 2.05) is 48.5 Å². The molecule has 134 valence electrons. The lowest BCUT2D eigenvalue weighted by molar-refractivity contribution is -0.134. The molecule has 27 heavy (non-hydrogen) atoms. The van der Waals surface area contributed by atoms with Crippen molar-refractivity contribution in [2.45, 2.75) is 18.9 Å². The number of anilines is 1. The van der Waals surface area contributed by atoms with Crippen molar-refractivity contribution in [2.75, 3.05) is 5.32 Å². The normalized spacial score (nSPS) is 18.3. The van der Waals surface area contributed by atoms with Crippen molar-refractivity contribution < 1.29 is 14.3 Å². The number of carbonyl (C=O) groups excluding carboxylic acids is 2. The van der Waals surface area contributed by atoms with E-state index in [1.165, 1.54) is 0 Å². The molecule has 0 saturated heterocycles. The van der Waals surface area contributed by atoms with Crippen LogP contribution in [0, 0.1) is 0 Å². The van der Waals surface area contributed by atoms with E-state index < -0.39 is 17.5 Å². The van der Waals surface area contributed by atoms with Crippen LogP contribution in [0.4, 0.5) is 5.82 Å². The molecule has 2 aromatic carbocycles. The average molecular weight is 358 g/mol. The van der Waals surface area contributed by atoms with Crippen molar-refractivity contribution in [3.8, 4) is 11.1 Å². The number of ether oxygens (including phenoxy) is 1. The summed E-state index contributed by atoms with van der Waals surface area (Å²) in [5.74, 6) is -0.469. The number of hydrogen-bond donors (Lipinski definition) is 1. The van der Waals surface area contributed by atoms with Crippen LogP contribution in [-0.4, -0.2) is 22.5 Å². The van der Waals surface area contributed by atoms with Gasteiger partial charge in [-0.1, -0.05) is 48.5 Å². The summed E-state index contributed by atoms with van der Waals surface area (Å²) in [6, 6.07) is 20.7. The molecule has 1 N–H and O–H groups in total. The number of carbonyl (C=O) groups is 2. The number of rotatable bonds is 3. The lowest BCUT2D eigenvalue weighted by Crippen LogP contribution is -2.49. The molecule has 0 saturated carbocycles. The van der Waals surface area contributed by atoms with Gasteiger partial charge in [0.2, 0.25) is 0 Å². The highest BCUT2D eigenvalue weighted by molar-refractivity contribution is 6.02. The van der Waals surface area contributed by atoms with E-state index in [0.717, 1.165) is 16.7 Å². The van der Waals surface area contributed by atoms with Crippen LogP contribution in [0.5, 0.6) is 0 Å². The molecule has 0 spiro atoms. The number of nitrogens with zero attached hydrogens (tertiary/aromatic N) is 1. The van der Waals surface area contributed by atoms with E-state index in [2.05, 4.69) is 10.3 Å². The van der Waals surface area contributed by atoms with E-state index in [4.69, 9.17) is 4.74 Å². The minimum absolute atomic E-state index is 0.322. The Morgan fingerprint density at radius 3 is 2.48 bits per heavy atom. The molecule has 5 heteroatoms. The summed E-state index contributed by atoms with van der Waals surface area (Å²) in [4.78, 5) is 29.3. The van der Waals surface area contributed by atoms with Crippen LogP contribution in [0.25, 0.3) is 11.1 Å². The fourth-order valence-electron chi connectivity index (χ4n) is 3.18. The van der Waals surface area contributed by atoms with Crippen molar-refractivity contribution in [1.82, 2.24) is 4.98 Å². The molecule has 1 aliphatic rings. The molecule has 1 aliphatic heterocycles. The molecule has 1 amide bonds. The van der Waals surface area contributed by atoms with Gasteiger partial charge in [-0.2, -0.15) is 0 Å². The Morgan fingerprint density at radius 2 is 1.74 bits per heavy atom. The third-order valence-electron chi connectivity index (χ3n) is 4.68. The van der Waals surface area contributed by atoms with E-state index >= 15 is 0 Å². The van der Waals surface area contributed by atoms with Crippen LogP contribution in [0.2, 0.25) is 0 Å². The number of pyridine rings is 1. The Bertz CT molecular complexity index is 1000. The first kappa shape index (κ1) is 17.0. The Kier molecular flexibility index (Phi) is 4.20. The molecule has 1 unspecified atom stereocenters. The molecule has 2 heterocycles. The molecule has 0 radical (unpaired) electrons. The van der Waals surface area contributed by atoms with Crippen molar-refractivity contribution in [3.05, 3.63) is 84.1 Å². The van der Waals surface area contributed by atoms with Gasteiger partial charge in [0, 0.05) is 18.2 Å². The number of benzene rings is 2. The SMILES string of the molecule is CC1(C(=O)Nc2ccc(-c3ccccc3)cn2)Cc2ccccc2C(=O)O1. The zero-order valence-electron chi connectivity index (χ0n) is 14.8. The number of fused-ring (bicyclic) bond motifs is 1. The predicted octanol–water partition coefficient (Wildman–Crippen LogP) is 3.86. The van der Waals surface area contributed by atoms with Gasteiger partial charge >= 0.3 is 5.97 Å². The molecule has 1 atom stereocenters. The van der Waals surface area contributed by atoms with Crippen molar-refractivity contribution >= 4 is 17.7 Å². The first-order chi connectivity index (χ1) is 13.0. The molecule has 4 rings (SSSR count). The number of cyclic esters (lactones) is 1. The van der Waals surface area contributed by atoms with Gasteiger partial charge < -0.3 is 10.1 Å². The Hall–Kier alpha value is -3.47. The average Bonchev–Trinajstić information content (AvgIpc) is 2.69. The number of hydrogen-bond acceptors (Lipinski definition) is 4. The maximum atomic E-state index is 12.8. The minimum atomic E-state index is -1.27. The standard InChI is InChI=1S/C22H18N2O3/c1-22(13-16-9-5-6-10-18(16)20(25)27-22)21(26)24-19-12-11-17(14-23-19)15-7-3-2-4-8-15/h2-12,14H,13H2,1H3,(H,23,24,26). The van der Waals surface area contributed by atoms with E-state index in [1.54, 1.807) is 31.3 Å². The van der Waals surface area contributed by atoms with Crippen LogP contribution in [0.1, 0.15) is 22.8 Å². The van der Waals surface area contributed by atoms with Gasteiger partial charge in [0.1, 0.15) is 5.82 Å². The number of amides is 1. The van der Waals surface area contributed by atoms with Gasteiger partial charge in [-0.25, -0.2) is 9.78 Å². The van der Waals surface area contributed by atoms with Crippen LogP contribution < -0.4 is 5.32 Å². The summed E-state index contributed by atoms with van der Waals surface area (Å²) in [7, 11) is 0. The van der Waals surface area contributed by atoms with Gasteiger partial charge in [-0.05, 0) is 36.2 Å². The third kappa shape index (κ3) is 3.31. The number of esters is 1. The van der Waals surface area contributed by atoms with Gasteiger partial charge in [0.25, 0.3) is 5.91 Å². The fourth-order valence-corrected chi connectivity index (χ4v) is 3.18. The van der Waals surface area contributed by atoms with E-state index in [9.17, 15) is 9.59 Å². The minimum Gasteiger partial charge on any atom is -0.445 e. The smallest absolute Gasteiger partial charge is 0.339 e.